The molecule has 0 radical (unpaired) electrons. The highest BCUT2D eigenvalue weighted by Crippen LogP contribution is 2.30. The first-order valence-corrected chi connectivity index (χ1v) is 9.33. The molecule has 4 heterocycles. The molecular formula is C20H23N5O2. The van der Waals surface area contributed by atoms with Crippen molar-refractivity contribution in [1.29, 1.82) is 0 Å². The number of likely N-dealkylation sites (tertiary alicyclic amines) is 1. The zero-order chi connectivity index (χ0) is 18.5. The number of nitrogens with one attached hydrogen (secondary N) is 1. The Balaban J connectivity index is 1.49. The topological polar surface area (TPSA) is 76.2 Å². The van der Waals surface area contributed by atoms with Gasteiger partial charge in [0.1, 0.15) is 17.9 Å². The van der Waals surface area contributed by atoms with Crippen LogP contribution in [0.1, 0.15) is 43.0 Å². The zero-order valence-corrected chi connectivity index (χ0v) is 15.1. The summed E-state index contributed by atoms with van der Waals surface area (Å²) in [7, 11) is 0. The summed E-state index contributed by atoms with van der Waals surface area (Å²) in [5.74, 6) is 1.63. The minimum Gasteiger partial charge on any atom is -0.467 e. The Morgan fingerprint density at radius 1 is 1.22 bits per heavy atom. The first-order valence-electron chi connectivity index (χ1n) is 9.33. The number of urea groups is 1. The molecule has 0 aliphatic carbocycles. The van der Waals surface area contributed by atoms with E-state index >= 15 is 0 Å². The number of furan rings is 1. The quantitative estimate of drug-likeness (QED) is 0.765. The second kappa shape index (κ2) is 8.07. The third-order valence-corrected chi connectivity index (χ3v) is 4.93. The fraction of sp³-hybridized carbons (Fsp3) is 0.350. The summed E-state index contributed by atoms with van der Waals surface area (Å²) in [6.07, 6.45) is 12.8. The van der Waals surface area contributed by atoms with Gasteiger partial charge in [-0.2, -0.15) is 0 Å². The van der Waals surface area contributed by atoms with Gasteiger partial charge in [0.2, 0.25) is 0 Å². The highest BCUT2D eigenvalue weighted by atomic mass is 16.3. The third kappa shape index (κ3) is 3.86. The van der Waals surface area contributed by atoms with Crippen molar-refractivity contribution in [3.05, 3.63) is 66.8 Å². The van der Waals surface area contributed by atoms with Crippen molar-refractivity contribution in [3.8, 4) is 5.82 Å². The maximum atomic E-state index is 13.0. The van der Waals surface area contributed by atoms with Crippen LogP contribution < -0.4 is 5.32 Å². The zero-order valence-electron chi connectivity index (χ0n) is 15.1. The molecule has 27 heavy (non-hydrogen) atoms. The molecule has 1 N–H and O–H groups in total. The van der Waals surface area contributed by atoms with Gasteiger partial charge in [-0.25, -0.2) is 14.8 Å². The lowest BCUT2D eigenvalue weighted by atomic mass is 10.1. The first-order chi connectivity index (χ1) is 13.3. The summed E-state index contributed by atoms with van der Waals surface area (Å²) in [5.41, 5.74) is 0.938. The molecule has 1 aliphatic heterocycles. The number of hydrogen-bond donors (Lipinski definition) is 1. The van der Waals surface area contributed by atoms with Crippen molar-refractivity contribution in [2.24, 2.45) is 0 Å². The average Bonchev–Trinajstić information content (AvgIpc) is 3.37. The smallest absolute Gasteiger partial charge is 0.318 e. The molecule has 0 bridgehead atoms. The highest BCUT2D eigenvalue weighted by Gasteiger charge is 2.28. The Morgan fingerprint density at radius 3 is 3.00 bits per heavy atom. The largest absolute Gasteiger partial charge is 0.467 e. The molecule has 140 valence electrons. The van der Waals surface area contributed by atoms with Gasteiger partial charge in [0.05, 0.1) is 12.3 Å². The SMILES string of the molecule is O=C(NCc1cccnc1-n1ccnc1)N1CCCCC[C@H]1c1ccco1. The fourth-order valence-corrected chi connectivity index (χ4v) is 3.59. The van der Waals surface area contributed by atoms with Gasteiger partial charge >= 0.3 is 6.03 Å². The van der Waals surface area contributed by atoms with Crippen molar-refractivity contribution >= 4 is 6.03 Å². The number of pyridine rings is 1. The van der Waals surface area contributed by atoms with Gasteiger partial charge in [-0.1, -0.05) is 18.9 Å². The van der Waals surface area contributed by atoms with Crippen LogP contribution in [0.3, 0.4) is 0 Å². The van der Waals surface area contributed by atoms with E-state index in [0.29, 0.717) is 6.54 Å². The van der Waals surface area contributed by atoms with Gasteiger partial charge in [-0.05, 0) is 31.0 Å². The van der Waals surface area contributed by atoms with Crippen LogP contribution >= 0.6 is 0 Å². The van der Waals surface area contributed by atoms with Crippen LogP contribution in [-0.4, -0.2) is 32.0 Å². The predicted molar refractivity (Wildman–Crippen MR) is 100 cm³/mol. The van der Waals surface area contributed by atoms with E-state index in [1.807, 2.05) is 39.9 Å². The molecule has 2 amide bonds. The molecule has 0 saturated carbocycles. The summed E-state index contributed by atoms with van der Waals surface area (Å²) in [6.45, 7) is 1.14. The molecule has 0 spiro atoms. The van der Waals surface area contributed by atoms with Gasteiger partial charge in [-0.3, -0.25) is 4.57 Å². The number of aromatic nitrogens is 3. The van der Waals surface area contributed by atoms with Crippen LogP contribution in [0.5, 0.6) is 0 Å². The molecule has 0 unspecified atom stereocenters. The summed E-state index contributed by atoms with van der Waals surface area (Å²) in [4.78, 5) is 23.4. The molecule has 3 aromatic heterocycles. The van der Waals surface area contributed by atoms with E-state index in [2.05, 4.69) is 15.3 Å². The Labute approximate surface area is 158 Å². The number of carbonyl (C=O) groups excluding carboxylic acids is 1. The van der Waals surface area contributed by atoms with Crippen LogP contribution in [-0.2, 0) is 6.54 Å². The van der Waals surface area contributed by atoms with E-state index in [1.54, 1.807) is 25.0 Å². The molecule has 7 nitrogen and oxygen atoms in total. The molecule has 4 rings (SSSR count). The van der Waals surface area contributed by atoms with E-state index in [0.717, 1.165) is 49.4 Å². The van der Waals surface area contributed by atoms with Crippen LogP contribution in [0.2, 0.25) is 0 Å². The number of carbonyl (C=O) groups is 1. The average molecular weight is 365 g/mol. The van der Waals surface area contributed by atoms with Crippen LogP contribution in [0.25, 0.3) is 5.82 Å². The molecule has 1 aliphatic rings. The van der Waals surface area contributed by atoms with Crippen molar-refractivity contribution in [2.75, 3.05) is 6.54 Å². The standard InChI is InChI=1S/C20H23N5O2/c26-20(25-11-3-1-2-7-17(25)18-8-5-13-27-18)23-14-16-6-4-9-22-19(16)24-12-10-21-15-24/h4-6,8-10,12-13,15,17H,1-3,7,11,14H2,(H,23,26)/t17-/m0/s1. The fourth-order valence-electron chi connectivity index (χ4n) is 3.59. The molecular weight excluding hydrogens is 342 g/mol. The Morgan fingerprint density at radius 2 is 2.19 bits per heavy atom. The molecule has 1 atom stereocenters. The van der Waals surface area contributed by atoms with Gasteiger partial charge in [0.15, 0.2) is 0 Å². The lowest BCUT2D eigenvalue weighted by Crippen LogP contribution is -2.42. The van der Waals surface area contributed by atoms with E-state index in [-0.39, 0.29) is 12.1 Å². The molecule has 0 aromatic carbocycles. The van der Waals surface area contributed by atoms with E-state index < -0.39 is 0 Å². The maximum Gasteiger partial charge on any atom is 0.318 e. The molecule has 1 fully saturated rings. The summed E-state index contributed by atoms with van der Waals surface area (Å²) in [5, 5.41) is 3.06. The predicted octanol–water partition coefficient (Wildman–Crippen LogP) is 3.69. The lowest BCUT2D eigenvalue weighted by molar-refractivity contribution is 0.166. The van der Waals surface area contributed by atoms with Gasteiger partial charge < -0.3 is 14.6 Å². The Hall–Kier alpha value is -3.09. The van der Waals surface area contributed by atoms with E-state index in [1.165, 1.54) is 0 Å². The number of rotatable bonds is 4. The monoisotopic (exact) mass is 365 g/mol. The van der Waals surface area contributed by atoms with Crippen molar-refractivity contribution in [1.82, 2.24) is 24.8 Å². The third-order valence-electron chi connectivity index (χ3n) is 4.93. The van der Waals surface area contributed by atoms with Gasteiger partial charge in [0.25, 0.3) is 0 Å². The van der Waals surface area contributed by atoms with Crippen molar-refractivity contribution in [3.63, 3.8) is 0 Å². The van der Waals surface area contributed by atoms with Crippen molar-refractivity contribution < 1.29 is 9.21 Å². The molecule has 3 aromatic rings. The number of hydrogen-bond acceptors (Lipinski definition) is 4. The normalized spacial score (nSPS) is 17.5. The van der Waals surface area contributed by atoms with Gasteiger partial charge in [-0.15, -0.1) is 0 Å². The second-order valence-electron chi connectivity index (χ2n) is 6.69. The Kier molecular flexibility index (Phi) is 5.18. The summed E-state index contributed by atoms with van der Waals surface area (Å²) >= 11 is 0. The molecule has 7 heteroatoms. The highest BCUT2D eigenvalue weighted by molar-refractivity contribution is 5.74. The summed E-state index contributed by atoms with van der Waals surface area (Å²) < 4.78 is 7.44. The maximum absolute atomic E-state index is 13.0. The van der Waals surface area contributed by atoms with Crippen LogP contribution in [0, 0.1) is 0 Å². The minimum absolute atomic E-state index is 0.00971. The summed E-state index contributed by atoms with van der Waals surface area (Å²) in [6, 6.07) is 7.59. The van der Waals surface area contributed by atoms with E-state index in [9.17, 15) is 4.79 Å². The minimum atomic E-state index is -0.0706. The number of amides is 2. The van der Waals surface area contributed by atoms with Crippen molar-refractivity contribution in [2.45, 2.75) is 38.3 Å². The molecule has 1 saturated heterocycles. The number of nitrogens with zero attached hydrogens (tertiary/aromatic N) is 4. The van der Waals surface area contributed by atoms with Crippen LogP contribution in [0.15, 0.2) is 59.9 Å². The van der Waals surface area contributed by atoms with Gasteiger partial charge in [0, 0.05) is 37.2 Å². The van der Waals surface area contributed by atoms with Crippen LogP contribution in [0.4, 0.5) is 4.79 Å². The lowest BCUT2D eigenvalue weighted by Gasteiger charge is -2.29. The first kappa shape index (κ1) is 17.3. The number of imidazole rings is 1. The Bertz CT molecular complexity index is 860. The van der Waals surface area contributed by atoms with E-state index in [4.69, 9.17) is 4.42 Å². The second-order valence-corrected chi connectivity index (χ2v) is 6.69.